The van der Waals surface area contributed by atoms with Crippen molar-refractivity contribution in [1.29, 1.82) is 0 Å². The molecule has 0 aliphatic carbocycles. The first-order chi connectivity index (χ1) is 9.21. The lowest BCUT2D eigenvalue weighted by Crippen LogP contribution is -2.46. The number of nitrogens with zero attached hydrogens (tertiary/aromatic N) is 1. The first-order valence-corrected chi connectivity index (χ1v) is 6.03. The molecule has 9 heteroatoms. The Kier molecular flexibility index (Phi) is 4.66. The highest BCUT2D eigenvalue weighted by Gasteiger charge is 2.46. The van der Waals surface area contributed by atoms with Crippen LogP contribution in [0.4, 0.5) is 4.79 Å². The Morgan fingerprint density at radius 1 is 1.45 bits per heavy atom. The smallest absolute Gasteiger partial charge is 0.334 e. The van der Waals surface area contributed by atoms with Crippen LogP contribution in [0.2, 0.25) is 0 Å². The number of carbonyl (C=O) groups excluding carboxylic acids is 3. The summed E-state index contributed by atoms with van der Waals surface area (Å²) in [4.78, 5) is 46.2. The molecule has 2 atom stereocenters. The second-order valence-corrected chi connectivity index (χ2v) is 4.67. The number of hydrogen-bond donors (Lipinski definition) is 4. The number of hydrogen-bond acceptors (Lipinski definition) is 5. The topological polar surface area (TPSA) is 136 Å². The Hall–Kier alpha value is -2.16. The average Bonchev–Trinajstić information content (AvgIpc) is 2.60. The number of urea groups is 1. The van der Waals surface area contributed by atoms with Gasteiger partial charge in [0, 0.05) is 0 Å². The minimum atomic E-state index is -1.73. The van der Waals surface area contributed by atoms with Gasteiger partial charge in [-0.25, -0.2) is 9.59 Å². The molecule has 4 N–H and O–H groups in total. The molecular weight excluding hydrogens is 270 g/mol. The van der Waals surface area contributed by atoms with Crippen molar-refractivity contribution in [3.63, 3.8) is 0 Å². The standard InChI is InChI=1S/C11H17N3O6/c1-3-11(2)9(19)14(10(20)13-11)5-7(16)12-4-6(15)8(17)18/h6,15H,3-5H2,1-2H3,(H,12,16)(H,13,20)(H,17,18)/t6-,11?/m0/s1. The zero-order valence-corrected chi connectivity index (χ0v) is 11.2. The zero-order chi connectivity index (χ0) is 15.5. The molecule has 1 saturated heterocycles. The molecule has 0 bridgehead atoms. The van der Waals surface area contributed by atoms with Gasteiger partial charge in [0.25, 0.3) is 5.91 Å². The highest BCUT2D eigenvalue weighted by atomic mass is 16.4. The van der Waals surface area contributed by atoms with E-state index in [2.05, 4.69) is 10.6 Å². The highest BCUT2D eigenvalue weighted by molar-refractivity contribution is 6.08. The van der Waals surface area contributed by atoms with Gasteiger partial charge in [-0.1, -0.05) is 6.92 Å². The SMILES string of the molecule is CCC1(C)NC(=O)N(CC(=O)NC[C@H](O)C(=O)O)C1=O. The molecule has 9 nitrogen and oxygen atoms in total. The van der Waals surface area contributed by atoms with E-state index in [9.17, 15) is 19.2 Å². The van der Waals surface area contributed by atoms with Crippen molar-refractivity contribution in [2.75, 3.05) is 13.1 Å². The lowest BCUT2D eigenvalue weighted by Gasteiger charge is -2.19. The van der Waals surface area contributed by atoms with Gasteiger partial charge in [0.2, 0.25) is 5.91 Å². The van der Waals surface area contributed by atoms with E-state index in [1.807, 2.05) is 0 Å². The molecule has 20 heavy (non-hydrogen) atoms. The molecule has 1 aliphatic rings. The number of nitrogens with one attached hydrogen (secondary N) is 2. The molecule has 0 radical (unpaired) electrons. The summed E-state index contributed by atoms with van der Waals surface area (Å²) < 4.78 is 0. The van der Waals surface area contributed by atoms with E-state index in [1.54, 1.807) is 13.8 Å². The molecule has 0 spiro atoms. The molecule has 1 unspecified atom stereocenters. The van der Waals surface area contributed by atoms with E-state index >= 15 is 0 Å². The second-order valence-electron chi connectivity index (χ2n) is 4.67. The third-order valence-electron chi connectivity index (χ3n) is 3.13. The molecule has 1 rings (SSSR count). The monoisotopic (exact) mass is 287 g/mol. The molecule has 4 amide bonds. The van der Waals surface area contributed by atoms with Crippen LogP contribution in [0.3, 0.4) is 0 Å². The van der Waals surface area contributed by atoms with E-state index in [-0.39, 0.29) is 0 Å². The summed E-state index contributed by atoms with van der Waals surface area (Å²) in [6.45, 7) is 2.26. The van der Waals surface area contributed by atoms with Crippen LogP contribution in [-0.4, -0.2) is 63.7 Å². The number of carboxylic acid groups (broad SMARTS) is 1. The van der Waals surface area contributed by atoms with Crippen LogP contribution in [0.25, 0.3) is 0 Å². The van der Waals surface area contributed by atoms with E-state index in [0.717, 1.165) is 4.90 Å². The molecule has 1 heterocycles. The van der Waals surface area contributed by atoms with Crippen molar-refractivity contribution in [2.45, 2.75) is 31.9 Å². The third kappa shape index (κ3) is 3.23. The summed E-state index contributed by atoms with van der Waals surface area (Å²) in [6, 6.07) is -0.673. The number of aliphatic hydroxyl groups excluding tert-OH is 1. The molecule has 0 aromatic rings. The van der Waals surface area contributed by atoms with E-state index < -0.39 is 48.5 Å². The minimum absolute atomic E-state index is 0.382. The number of carbonyl (C=O) groups is 4. The summed E-state index contributed by atoms with van der Waals surface area (Å²) in [6.07, 6.45) is -1.35. The lowest BCUT2D eigenvalue weighted by molar-refractivity contribution is -0.146. The first kappa shape index (κ1) is 15.9. The number of rotatable bonds is 6. The van der Waals surface area contributed by atoms with Crippen molar-refractivity contribution in [1.82, 2.24) is 15.5 Å². The molecule has 1 aliphatic heterocycles. The van der Waals surface area contributed by atoms with E-state index in [0.29, 0.717) is 6.42 Å². The largest absolute Gasteiger partial charge is 0.479 e. The number of aliphatic carboxylic acids is 1. The maximum absolute atomic E-state index is 12.0. The maximum atomic E-state index is 12.0. The lowest BCUT2D eigenvalue weighted by atomic mass is 9.99. The summed E-state index contributed by atoms with van der Waals surface area (Å²) in [5.41, 5.74) is -1.03. The van der Waals surface area contributed by atoms with Gasteiger partial charge in [0.15, 0.2) is 6.10 Å². The molecular formula is C11H17N3O6. The third-order valence-corrected chi connectivity index (χ3v) is 3.13. The molecule has 112 valence electrons. The molecule has 0 aromatic carbocycles. The minimum Gasteiger partial charge on any atom is -0.479 e. The van der Waals surface area contributed by atoms with Crippen molar-refractivity contribution in [2.24, 2.45) is 0 Å². The quantitative estimate of drug-likeness (QED) is 0.428. The highest BCUT2D eigenvalue weighted by Crippen LogP contribution is 2.20. The van der Waals surface area contributed by atoms with E-state index in [4.69, 9.17) is 10.2 Å². The molecule has 0 aromatic heterocycles. The fraction of sp³-hybridized carbons (Fsp3) is 0.636. The summed E-state index contributed by atoms with van der Waals surface area (Å²) in [5.74, 6) is -2.72. The Morgan fingerprint density at radius 3 is 2.50 bits per heavy atom. The molecule has 0 saturated carbocycles. The van der Waals surface area contributed by atoms with Gasteiger partial charge in [0.1, 0.15) is 12.1 Å². The Bertz CT molecular complexity index is 451. The fourth-order valence-corrected chi connectivity index (χ4v) is 1.63. The zero-order valence-electron chi connectivity index (χ0n) is 11.2. The molecule has 1 fully saturated rings. The Balaban J connectivity index is 2.56. The Labute approximate surface area is 114 Å². The van der Waals surface area contributed by atoms with Gasteiger partial charge in [-0.2, -0.15) is 0 Å². The van der Waals surface area contributed by atoms with E-state index in [1.165, 1.54) is 0 Å². The summed E-state index contributed by atoms with van der Waals surface area (Å²) >= 11 is 0. The predicted molar refractivity (Wildman–Crippen MR) is 65.6 cm³/mol. The fourth-order valence-electron chi connectivity index (χ4n) is 1.63. The van der Waals surface area contributed by atoms with Gasteiger partial charge in [-0.15, -0.1) is 0 Å². The van der Waals surface area contributed by atoms with Gasteiger partial charge in [-0.3, -0.25) is 14.5 Å². The van der Waals surface area contributed by atoms with Crippen LogP contribution in [-0.2, 0) is 14.4 Å². The van der Waals surface area contributed by atoms with Crippen molar-refractivity contribution < 1.29 is 29.4 Å². The van der Waals surface area contributed by atoms with Crippen molar-refractivity contribution in [3.8, 4) is 0 Å². The normalized spacial score (nSPS) is 23.4. The van der Waals surface area contributed by atoms with Crippen LogP contribution in [0.5, 0.6) is 0 Å². The van der Waals surface area contributed by atoms with Gasteiger partial charge >= 0.3 is 12.0 Å². The van der Waals surface area contributed by atoms with Gasteiger partial charge in [-0.05, 0) is 13.3 Å². The average molecular weight is 287 g/mol. The van der Waals surface area contributed by atoms with Gasteiger partial charge in [0.05, 0.1) is 6.54 Å². The number of carboxylic acids is 1. The van der Waals surface area contributed by atoms with Crippen LogP contribution >= 0.6 is 0 Å². The van der Waals surface area contributed by atoms with Crippen LogP contribution in [0.15, 0.2) is 0 Å². The van der Waals surface area contributed by atoms with Gasteiger partial charge < -0.3 is 20.8 Å². The summed E-state index contributed by atoms with van der Waals surface area (Å²) in [5, 5.41) is 22.0. The first-order valence-electron chi connectivity index (χ1n) is 6.03. The number of aliphatic hydroxyl groups is 1. The second kappa shape index (κ2) is 5.87. The predicted octanol–water partition coefficient (Wildman–Crippen LogP) is -1.73. The maximum Gasteiger partial charge on any atom is 0.334 e. The van der Waals surface area contributed by atoms with Crippen molar-refractivity contribution >= 4 is 23.8 Å². The Morgan fingerprint density at radius 2 is 2.05 bits per heavy atom. The van der Waals surface area contributed by atoms with Crippen LogP contribution < -0.4 is 10.6 Å². The van der Waals surface area contributed by atoms with Crippen molar-refractivity contribution in [3.05, 3.63) is 0 Å². The number of amides is 4. The van der Waals surface area contributed by atoms with Crippen LogP contribution in [0, 0.1) is 0 Å². The summed E-state index contributed by atoms with van der Waals surface area (Å²) in [7, 11) is 0. The van der Waals surface area contributed by atoms with Crippen LogP contribution in [0.1, 0.15) is 20.3 Å². The number of imide groups is 1.